The van der Waals surface area contributed by atoms with E-state index in [9.17, 15) is 0 Å². The Hall–Kier alpha value is -1.50. The van der Waals surface area contributed by atoms with Gasteiger partial charge in [-0.1, -0.05) is 29.8 Å². The molecule has 1 atom stereocenters. The molecule has 1 heterocycles. The van der Waals surface area contributed by atoms with Gasteiger partial charge < -0.3 is 5.32 Å². The van der Waals surface area contributed by atoms with Crippen LogP contribution in [0.15, 0.2) is 47.7 Å². The monoisotopic (exact) mass is 239 g/mol. The topological polar surface area (TPSA) is 12.0 Å². The van der Waals surface area contributed by atoms with E-state index in [2.05, 4.69) is 48.8 Å². The second-order valence-electron chi connectivity index (χ2n) is 5.50. The van der Waals surface area contributed by atoms with E-state index in [1.165, 1.54) is 36.8 Å². The molecule has 0 amide bonds. The summed E-state index contributed by atoms with van der Waals surface area (Å²) in [5, 5.41) is 3.54. The van der Waals surface area contributed by atoms with Crippen molar-refractivity contribution in [2.75, 3.05) is 0 Å². The second kappa shape index (κ2) is 5.01. The molecule has 1 aromatic rings. The highest BCUT2D eigenvalue weighted by Crippen LogP contribution is 2.31. The third-order valence-corrected chi connectivity index (χ3v) is 4.12. The molecule has 2 aliphatic rings. The van der Waals surface area contributed by atoms with Gasteiger partial charge in [-0.05, 0) is 68.0 Å². The van der Waals surface area contributed by atoms with Crippen molar-refractivity contribution in [3.63, 3.8) is 0 Å². The summed E-state index contributed by atoms with van der Waals surface area (Å²) in [4.78, 5) is 0. The number of allylic oxidation sites excluding steroid dienone is 2. The molecule has 0 bridgehead atoms. The normalized spacial score (nSPS) is 22.6. The van der Waals surface area contributed by atoms with Crippen molar-refractivity contribution in [1.82, 2.24) is 5.32 Å². The molecule has 1 N–H and O–H groups in total. The molecule has 3 rings (SSSR count). The standard InChI is InChI=1S/C17H21N/c1-13-6-8-14(9-7-13)12-17-16-5-3-2-4-15(16)10-11-18-17/h6-11,17-18H,2-5,12H2,1H3. The highest BCUT2D eigenvalue weighted by Gasteiger charge is 2.21. The number of hydrogen-bond acceptors (Lipinski definition) is 1. The lowest BCUT2D eigenvalue weighted by Gasteiger charge is -2.30. The van der Waals surface area contributed by atoms with Crippen molar-refractivity contribution in [1.29, 1.82) is 0 Å². The summed E-state index contributed by atoms with van der Waals surface area (Å²) >= 11 is 0. The zero-order valence-electron chi connectivity index (χ0n) is 11.1. The predicted octanol–water partition coefficient (Wildman–Crippen LogP) is 3.89. The lowest BCUT2D eigenvalue weighted by Crippen LogP contribution is -2.33. The Morgan fingerprint density at radius 2 is 1.89 bits per heavy atom. The van der Waals surface area contributed by atoms with Crippen LogP contribution in [0.2, 0.25) is 0 Å². The maximum atomic E-state index is 3.54. The van der Waals surface area contributed by atoms with Crippen LogP contribution >= 0.6 is 0 Å². The van der Waals surface area contributed by atoms with Crippen LogP contribution in [0.1, 0.15) is 36.8 Å². The van der Waals surface area contributed by atoms with Gasteiger partial charge in [-0.25, -0.2) is 0 Å². The van der Waals surface area contributed by atoms with Crippen LogP contribution in [-0.4, -0.2) is 6.04 Å². The molecule has 1 nitrogen and oxygen atoms in total. The smallest absolute Gasteiger partial charge is 0.0514 e. The van der Waals surface area contributed by atoms with Crippen molar-refractivity contribution in [2.45, 2.75) is 45.1 Å². The Bertz CT molecular complexity index is 479. The molecule has 0 fully saturated rings. The second-order valence-corrected chi connectivity index (χ2v) is 5.50. The van der Waals surface area contributed by atoms with Crippen LogP contribution in [-0.2, 0) is 6.42 Å². The molecule has 94 valence electrons. The first-order valence-electron chi connectivity index (χ1n) is 7.03. The van der Waals surface area contributed by atoms with E-state index in [-0.39, 0.29) is 0 Å². The largest absolute Gasteiger partial charge is 0.384 e. The van der Waals surface area contributed by atoms with E-state index in [0.29, 0.717) is 6.04 Å². The third-order valence-electron chi connectivity index (χ3n) is 4.12. The molecular formula is C17H21N. The highest BCUT2D eigenvalue weighted by molar-refractivity contribution is 5.36. The summed E-state index contributed by atoms with van der Waals surface area (Å²) < 4.78 is 0. The van der Waals surface area contributed by atoms with Gasteiger partial charge in [0.05, 0.1) is 6.04 Å². The van der Waals surface area contributed by atoms with E-state index >= 15 is 0 Å². The fourth-order valence-electron chi connectivity index (χ4n) is 3.05. The van der Waals surface area contributed by atoms with Gasteiger partial charge in [0.1, 0.15) is 0 Å². The summed E-state index contributed by atoms with van der Waals surface area (Å²) in [6.45, 7) is 2.15. The quantitative estimate of drug-likeness (QED) is 0.825. The van der Waals surface area contributed by atoms with Gasteiger partial charge in [-0.3, -0.25) is 0 Å². The first kappa shape index (κ1) is 11.6. The molecule has 0 radical (unpaired) electrons. The summed E-state index contributed by atoms with van der Waals surface area (Å²) in [5.74, 6) is 0. The lowest BCUT2D eigenvalue weighted by atomic mass is 9.83. The fraction of sp³-hybridized carbons (Fsp3) is 0.412. The van der Waals surface area contributed by atoms with Crippen molar-refractivity contribution in [2.24, 2.45) is 0 Å². The number of rotatable bonds is 2. The average molecular weight is 239 g/mol. The van der Waals surface area contributed by atoms with E-state index in [1.54, 1.807) is 11.1 Å². The molecule has 1 unspecified atom stereocenters. The van der Waals surface area contributed by atoms with Gasteiger partial charge in [0.15, 0.2) is 0 Å². The van der Waals surface area contributed by atoms with E-state index in [1.807, 2.05) is 0 Å². The third kappa shape index (κ3) is 2.35. The van der Waals surface area contributed by atoms with Crippen LogP contribution < -0.4 is 5.32 Å². The van der Waals surface area contributed by atoms with Crippen LogP contribution in [0.5, 0.6) is 0 Å². The van der Waals surface area contributed by atoms with E-state index < -0.39 is 0 Å². The van der Waals surface area contributed by atoms with Crippen molar-refractivity contribution in [3.8, 4) is 0 Å². The predicted molar refractivity (Wildman–Crippen MR) is 76.4 cm³/mol. The number of hydrogen-bond donors (Lipinski definition) is 1. The fourth-order valence-corrected chi connectivity index (χ4v) is 3.05. The molecule has 1 heteroatoms. The zero-order chi connectivity index (χ0) is 12.4. The summed E-state index contributed by atoms with van der Waals surface area (Å²) in [5.41, 5.74) is 6.03. The van der Waals surface area contributed by atoms with Crippen LogP contribution in [0.4, 0.5) is 0 Å². The molecule has 1 aromatic carbocycles. The molecular weight excluding hydrogens is 218 g/mol. The molecule has 0 saturated heterocycles. The maximum absolute atomic E-state index is 3.54. The van der Waals surface area contributed by atoms with E-state index in [0.717, 1.165) is 6.42 Å². The minimum atomic E-state index is 0.521. The first-order valence-corrected chi connectivity index (χ1v) is 7.03. The van der Waals surface area contributed by atoms with Crippen molar-refractivity contribution < 1.29 is 0 Å². The van der Waals surface area contributed by atoms with Gasteiger partial charge in [0.2, 0.25) is 0 Å². The summed E-state index contributed by atoms with van der Waals surface area (Å²) in [7, 11) is 0. The average Bonchev–Trinajstić information content (AvgIpc) is 2.42. The summed E-state index contributed by atoms with van der Waals surface area (Å²) in [6, 6.07) is 9.47. The summed E-state index contributed by atoms with van der Waals surface area (Å²) in [6.07, 6.45) is 10.8. The number of dihydropyridines is 1. The highest BCUT2D eigenvalue weighted by atomic mass is 14.9. The van der Waals surface area contributed by atoms with Gasteiger partial charge in [0, 0.05) is 0 Å². The Balaban J connectivity index is 1.78. The Labute approximate surface area is 110 Å². The molecule has 0 spiro atoms. The minimum Gasteiger partial charge on any atom is -0.384 e. The first-order chi connectivity index (χ1) is 8.83. The number of benzene rings is 1. The Morgan fingerprint density at radius 3 is 2.72 bits per heavy atom. The SMILES string of the molecule is Cc1ccc(CC2NC=CC3=C2CCCC3)cc1. The number of nitrogens with one attached hydrogen (secondary N) is 1. The lowest BCUT2D eigenvalue weighted by molar-refractivity contribution is 0.563. The zero-order valence-corrected chi connectivity index (χ0v) is 11.1. The van der Waals surface area contributed by atoms with Gasteiger partial charge in [-0.2, -0.15) is 0 Å². The molecule has 1 aliphatic heterocycles. The van der Waals surface area contributed by atoms with Crippen LogP contribution in [0.3, 0.4) is 0 Å². The van der Waals surface area contributed by atoms with Crippen LogP contribution in [0.25, 0.3) is 0 Å². The van der Waals surface area contributed by atoms with E-state index in [4.69, 9.17) is 0 Å². The Kier molecular flexibility index (Phi) is 3.22. The number of aryl methyl sites for hydroxylation is 1. The van der Waals surface area contributed by atoms with Gasteiger partial charge in [-0.15, -0.1) is 0 Å². The van der Waals surface area contributed by atoms with Crippen LogP contribution in [0, 0.1) is 6.92 Å². The molecule has 1 aliphatic carbocycles. The molecule has 0 aromatic heterocycles. The van der Waals surface area contributed by atoms with Gasteiger partial charge in [0.25, 0.3) is 0 Å². The van der Waals surface area contributed by atoms with Crippen molar-refractivity contribution in [3.05, 3.63) is 58.8 Å². The maximum Gasteiger partial charge on any atom is 0.0514 e. The van der Waals surface area contributed by atoms with Crippen molar-refractivity contribution >= 4 is 0 Å². The van der Waals surface area contributed by atoms with Gasteiger partial charge >= 0.3 is 0 Å². The molecule has 18 heavy (non-hydrogen) atoms. The Morgan fingerprint density at radius 1 is 1.11 bits per heavy atom. The minimum absolute atomic E-state index is 0.521. The molecule has 0 saturated carbocycles.